The fourth-order valence-corrected chi connectivity index (χ4v) is 4.62. The van der Waals surface area contributed by atoms with Crippen molar-refractivity contribution in [2.75, 3.05) is 13.2 Å². The number of halogens is 3. The summed E-state index contributed by atoms with van der Waals surface area (Å²) in [6.45, 7) is 5.05. The predicted octanol–water partition coefficient (Wildman–Crippen LogP) is 3.75. The minimum absolute atomic E-state index is 0.00218. The zero-order chi connectivity index (χ0) is 24.6. The van der Waals surface area contributed by atoms with Crippen molar-refractivity contribution in [2.24, 2.45) is 5.92 Å². The van der Waals surface area contributed by atoms with Gasteiger partial charge in [0.05, 0.1) is 17.7 Å². The van der Waals surface area contributed by atoms with E-state index in [4.69, 9.17) is 16.3 Å². The van der Waals surface area contributed by atoms with Gasteiger partial charge in [-0.25, -0.2) is 8.78 Å². The number of benzene rings is 1. The van der Waals surface area contributed by atoms with Crippen LogP contribution in [-0.2, 0) is 13.1 Å². The minimum atomic E-state index is -0.906. The van der Waals surface area contributed by atoms with E-state index in [1.807, 2.05) is 6.92 Å². The first-order valence-corrected chi connectivity index (χ1v) is 11.8. The van der Waals surface area contributed by atoms with Gasteiger partial charge >= 0.3 is 0 Å². The Morgan fingerprint density at radius 3 is 2.68 bits per heavy atom. The molecule has 1 aromatic carbocycles. The van der Waals surface area contributed by atoms with Crippen molar-refractivity contribution >= 4 is 23.4 Å². The molecule has 0 unspecified atom stereocenters. The maximum Gasteiger partial charge on any atom is 0.274 e. The van der Waals surface area contributed by atoms with E-state index >= 15 is 0 Å². The highest BCUT2D eigenvalue weighted by Crippen LogP contribution is 2.36. The van der Waals surface area contributed by atoms with E-state index in [0.29, 0.717) is 31.5 Å². The van der Waals surface area contributed by atoms with Crippen LogP contribution in [0.4, 0.5) is 8.78 Å². The molecule has 2 aliphatic rings. The predicted molar refractivity (Wildman–Crippen MR) is 122 cm³/mol. The van der Waals surface area contributed by atoms with Crippen LogP contribution in [0, 0.1) is 17.6 Å². The van der Waals surface area contributed by atoms with Gasteiger partial charge in [-0.15, -0.1) is 0 Å². The average Bonchev–Trinajstić information content (AvgIpc) is 2.79. The Bertz CT molecular complexity index is 1200. The molecule has 0 spiro atoms. The van der Waals surface area contributed by atoms with Crippen LogP contribution < -0.4 is 15.5 Å². The van der Waals surface area contributed by atoms with E-state index in [9.17, 15) is 23.2 Å². The fourth-order valence-electron chi connectivity index (χ4n) is 4.43. The SMILES string of the molecule is CCCCOc1c2n(cc(C(=O)NCc3cc(Cl)c(F)cc3F)c1=O)C[C@H]1[C@H](CC)CN1C2=O. The molecule has 2 aliphatic heterocycles. The van der Waals surface area contributed by atoms with Crippen LogP contribution >= 0.6 is 11.6 Å². The summed E-state index contributed by atoms with van der Waals surface area (Å²) in [5.74, 6) is -2.59. The van der Waals surface area contributed by atoms with E-state index in [1.165, 1.54) is 6.20 Å². The van der Waals surface area contributed by atoms with Crippen LogP contribution in [0.15, 0.2) is 23.1 Å². The molecule has 0 saturated carbocycles. The molecule has 34 heavy (non-hydrogen) atoms. The summed E-state index contributed by atoms with van der Waals surface area (Å²) in [7, 11) is 0. The maximum absolute atomic E-state index is 14.0. The summed E-state index contributed by atoms with van der Waals surface area (Å²) in [6.07, 6.45) is 3.80. The van der Waals surface area contributed by atoms with E-state index in [-0.39, 0.29) is 52.7 Å². The number of hydrogen-bond donors (Lipinski definition) is 1. The Morgan fingerprint density at radius 2 is 1.97 bits per heavy atom. The van der Waals surface area contributed by atoms with Gasteiger partial charge in [-0.05, 0) is 24.8 Å². The van der Waals surface area contributed by atoms with E-state index in [1.54, 1.807) is 9.47 Å². The van der Waals surface area contributed by atoms with Crippen molar-refractivity contribution in [3.63, 3.8) is 0 Å². The Hall–Kier alpha value is -2.94. The molecule has 10 heteroatoms. The average molecular weight is 494 g/mol. The number of unbranched alkanes of at least 4 members (excludes halogenated alkanes) is 1. The largest absolute Gasteiger partial charge is 0.487 e. The molecule has 182 valence electrons. The topological polar surface area (TPSA) is 80.6 Å². The van der Waals surface area contributed by atoms with Crippen LogP contribution in [0.2, 0.25) is 5.02 Å². The molecule has 1 N–H and O–H groups in total. The molecule has 0 radical (unpaired) electrons. The lowest BCUT2D eigenvalue weighted by atomic mass is 9.84. The number of nitrogens with zero attached hydrogens (tertiary/aromatic N) is 2. The molecule has 0 bridgehead atoms. The van der Waals surface area contributed by atoms with Gasteiger partial charge < -0.3 is 19.5 Å². The number of hydrogen-bond acceptors (Lipinski definition) is 4. The van der Waals surface area contributed by atoms with Crippen molar-refractivity contribution in [1.82, 2.24) is 14.8 Å². The van der Waals surface area contributed by atoms with Crippen LogP contribution in [0.1, 0.15) is 59.5 Å². The molecule has 2 aromatic rings. The number of fused-ring (bicyclic) bond motifs is 2. The van der Waals surface area contributed by atoms with Gasteiger partial charge in [-0.3, -0.25) is 14.4 Å². The molecular weight excluding hydrogens is 468 g/mol. The van der Waals surface area contributed by atoms with Gasteiger partial charge in [-0.1, -0.05) is 31.9 Å². The van der Waals surface area contributed by atoms with Crippen molar-refractivity contribution in [2.45, 2.75) is 52.2 Å². The zero-order valence-electron chi connectivity index (χ0n) is 19.0. The second-order valence-electron chi connectivity index (χ2n) is 8.64. The highest BCUT2D eigenvalue weighted by Gasteiger charge is 2.46. The van der Waals surface area contributed by atoms with Crippen LogP contribution in [-0.4, -0.2) is 40.5 Å². The monoisotopic (exact) mass is 493 g/mol. The first-order valence-electron chi connectivity index (χ1n) is 11.4. The molecule has 4 rings (SSSR count). The van der Waals surface area contributed by atoms with Gasteiger partial charge in [0.1, 0.15) is 17.2 Å². The third kappa shape index (κ3) is 4.29. The van der Waals surface area contributed by atoms with E-state index in [0.717, 1.165) is 18.9 Å². The number of rotatable bonds is 8. The first-order chi connectivity index (χ1) is 16.3. The molecular formula is C24H26ClF2N3O4. The Balaban J connectivity index is 1.66. The summed E-state index contributed by atoms with van der Waals surface area (Å²) < 4.78 is 34.8. The second-order valence-corrected chi connectivity index (χ2v) is 9.04. The van der Waals surface area contributed by atoms with Crippen molar-refractivity contribution in [3.8, 4) is 5.75 Å². The van der Waals surface area contributed by atoms with Gasteiger partial charge in [-0.2, -0.15) is 0 Å². The van der Waals surface area contributed by atoms with E-state index in [2.05, 4.69) is 12.2 Å². The maximum atomic E-state index is 14.0. The molecule has 2 amide bonds. The van der Waals surface area contributed by atoms with Crippen molar-refractivity contribution < 1.29 is 23.1 Å². The minimum Gasteiger partial charge on any atom is -0.487 e. The molecule has 3 heterocycles. The summed E-state index contributed by atoms with van der Waals surface area (Å²) in [5, 5.41) is 2.21. The summed E-state index contributed by atoms with van der Waals surface area (Å²) in [6, 6.07) is 1.72. The normalized spacial score (nSPS) is 18.7. The number of pyridine rings is 1. The van der Waals surface area contributed by atoms with Crippen molar-refractivity contribution in [3.05, 3.63) is 62.0 Å². The first kappa shape index (κ1) is 24.2. The molecule has 1 aromatic heterocycles. The zero-order valence-corrected chi connectivity index (χ0v) is 19.8. The smallest absolute Gasteiger partial charge is 0.274 e. The van der Waals surface area contributed by atoms with Crippen LogP contribution in [0.25, 0.3) is 0 Å². The highest BCUT2D eigenvalue weighted by atomic mass is 35.5. The van der Waals surface area contributed by atoms with Crippen LogP contribution in [0.5, 0.6) is 5.75 Å². The standard InChI is InChI=1S/C24H26ClF2N3O4/c1-3-5-6-34-22-20-24(33)30-10-13(4-2)19(30)12-29(20)11-15(21(22)31)23(32)28-9-14-7-16(25)18(27)8-17(14)26/h7-8,11,13,19H,3-6,9-10,12H2,1-2H3,(H,28,32)/t13-,19+/m1/s1. The summed E-state index contributed by atoms with van der Waals surface area (Å²) in [5.41, 5.74) is -0.780. The third-order valence-corrected chi connectivity index (χ3v) is 6.79. The number of aromatic nitrogens is 1. The molecule has 1 saturated heterocycles. The fraction of sp³-hybridized carbons (Fsp3) is 0.458. The van der Waals surface area contributed by atoms with Gasteiger partial charge in [0, 0.05) is 37.5 Å². The summed E-state index contributed by atoms with van der Waals surface area (Å²) >= 11 is 5.71. The van der Waals surface area contributed by atoms with Crippen molar-refractivity contribution in [1.29, 1.82) is 0 Å². The van der Waals surface area contributed by atoms with Gasteiger partial charge in [0.25, 0.3) is 11.8 Å². The Kier molecular flexibility index (Phi) is 6.93. The number of ether oxygens (including phenoxy) is 1. The Labute approximate surface area is 200 Å². The van der Waals surface area contributed by atoms with Gasteiger partial charge in [0.2, 0.25) is 5.43 Å². The van der Waals surface area contributed by atoms with Gasteiger partial charge in [0.15, 0.2) is 11.4 Å². The quantitative estimate of drug-likeness (QED) is 0.448. The lowest BCUT2D eigenvalue weighted by molar-refractivity contribution is -0.00417. The van der Waals surface area contributed by atoms with E-state index < -0.39 is 23.0 Å². The number of carbonyl (C=O) groups is 2. The third-order valence-electron chi connectivity index (χ3n) is 6.50. The molecule has 2 atom stereocenters. The number of amides is 2. The second kappa shape index (κ2) is 9.74. The highest BCUT2D eigenvalue weighted by molar-refractivity contribution is 6.30. The Morgan fingerprint density at radius 1 is 1.21 bits per heavy atom. The molecule has 7 nitrogen and oxygen atoms in total. The lowest BCUT2D eigenvalue weighted by Gasteiger charge is -2.51. The molecule has 1 fully saturated rings. The molecule has 0 aliphatic carbocycles. The number of nitrogens with one attached hydrogen (secondary N) is 1. The number of carbonyl (C=O) groups excluding carboxylic acids is 2. The lowest BCUT2D eigenvalue weighted by Crippen LogP contribution is -2.63. The summed E-state index contributed by atoms with van der Waals surface area (Å²) in [4.78, 5) is 41.0. The van der Waals surface area contributed by atoms with Crippen LogP contribution in [0.3, 0.4) is 0 Å².